The number of hydrogen-bond acceptors (Lipinski definition) is 2. The third-order valence-corrected chi connectivity index (χ3v) is 4.70. The van der Waals surface area contributed by atoms with E-state index in [0.717, 1.165) is 26.3 Å². The van der Waals surface area contributed by atoms with Crippen LogP contribution in [-0.4, -0.2) is 36.7 Å². The Hall–Kier alpha value is -0.0800. The molecular formula is C13H25NO. The van der Waals surface area contributed by atoms with Crippen LogP contribution in [0.5, 0.6) is 0 Å². The molecule has 2 aliphatic rings. The van der Waals surface area contributed by atoms with Gasteiger partial charge in [-0.15, -0.1) is 0 Å². The van der Waals surface area contributed by atoms with Crippen molar-refractivity contribution in [3.8, 4) is 0 Å². The summed E-state index contributed by atoms with van der Waals surface area (Å²) in [6.45, 7) is 11.3. The first-order valence-electron chi connectivity index (χ1n) is 6.45. The van der Waals surface area contributed by atoms with E-state index >= 15 is 0 Å². The molecule has 0 bridgehead atoms. The van der Waals surface area contributed by atoms with Gasteiger partial charge >= 0.3 is 0 Å². The van der Waals surface area contributed by atoms with E-state index in [1.165, 1.54) is 25.7 Å². The summed E-state index contributed by atoms with van der Waals surface area (Å²) in [7, 11) is 0. The Labute approximate surface area is 94.0 Å². The maximum absolute atomic E-state index is 5.43. The summed E-state index contributed by atoms with van der Waals surface area (Å²) < 4.78 is 5.43. The van der Waals surface area contributed by atoms with Crippen molar-refractivity contribution >= 4 is 0 Å². The van der Waals surface area contributed by atoms with Crippen molar-refractivity contribution in [2.75, 3.05) is 26.3 Å². The summed E-state index contributed by atoms with van der Waals surface area (Å²) in [5, 5.41) is 0. The standard InChI is InChI=1S/C13H25NO/c1-4-5-6-12(2)11-13(12,3)14-7-9-15-10-8-14/h4-11H2,1-3H3. The Morgan fingerprint density at radius 3 is 2.47 bits per heavy atom. The predicted octanol–water partition coefficient (Wildman–Crippen LogP) is 2.68. The molecule has 2 atom stereocenters. The Bertz CT molecular complexity index is 225. The Morgan fingerprint density at radius 1 is 1.20 bits per heavy atom. The van der Waals surface area contributed by atoms with E-state index in [9.17, 15) is 0 Å². The van der Waals surface area contributed by atoms with E-state index < -0.39 is 0 Å². The first kappa shape index (κ1) is 11.4. The second kappa shape index (κ2) is 4.06. The van der Waals surface area contributed by atoms with Gasteiger partial charge in [0.1, 0.15) is 0 Å². The van der Waals surface area contributed by atoms with Crippen LogP contribution in [0.4, 0.5) is 0 Å². The van der Waals surface area contributed by atoms with E-state index in [1.54, 1.807) is 0 Å². The molecule has 2 nitrogen and oxygen atoms in total. The second-order valence-electron chi connectivity index (χ2n) is 5.71. The molecule has 1 heterocycles. The van der Waals surface area contributed by atoms with Gasteiger partial charge in [0.05, 0.1) is 13.2 Å². The van der Waals surface area contributed by atoms with E-state index in [0.29, 0.717) is 11.0 Å². The van der Waals surface area contributed by atoms with Gasteiger partial charge in [-0.05, 0) is 25.2 Å². The van der Waals surface area contributed by atoms with Gasteiger partial charge in [-0.3, -0.25) is 4.90 Å². The molecule has 0 spiro atoms. The van der Waals surface area contributed by atoms with Crippen LogP contribution >= 0.6 is 0 Å². The minimum absolute atomic E-state index is 0.478. The molecule has 0 aromatic heterocycles. The molecule has 1 aliphatic carbocycles. The lowest BCUT2D eigenvalue weighted by Gasteiger charge is -2.35. The highest BCUT2D eigenvalue weighted by Gasteiger charge is 2.62. The topological polar surface area (TPSA) is 12.5 Å². The van der Waals surface area contributed by atoms with Crippen LogP contribution in [-0.2, 0) is 4.74 Å². The third kappa shape index (κ3) is 1.94. The van der Waals surface area contributed by atoms with Crippen LogP contribution in [0, 0.1) is 5.41 Å². The van der Waals surface area contributed by atoms with Crippen molar-refractivity contribution in [3.05, 3.63) is 0 Å². The molecule has 15 heavy (non-hydrogen) atoms. The van der Waals surface area contributed by atoms with E-state index in [2.05, 4.69) is 25.7 Å². The fraction of sp³-hybridized carbons (Fsp3) is 1.00. The largest absolute Gasteiger partial charge is 0.379 e. The average Bonchev–Trinajstić information content (AvgIpc) is 2.82. The second-order valence-corrected chi connectivity index (χ2v) is 5.71. The summed E-state index contributed by atoms with van der Waals surface area (Å²) >= 11 is 0. The van der Waals surface area contributed by atoms with Crippen molar-refractivity contribution < 1.29 is 4.74 Å². The molecule has 0 radical (unpaired) electrons. The summed E-state index contributed by atoms with van der Waals surface area (Å²) in [4.78, 5) is 2.66. The van der Waals surface area contributed by atoms with Crippen LogP contribution in [0.2, 0.25) is 0 Å². The maximum atomic E-state index is 5.43. The molecule has 0 aromatic rings. The van der Waals surface area contributed by atoms with Gasteiger partial charge in [0.25, 0.3) is 0 Å². The molecule has 2 unspecified atom stereocenters. The van der Waals surface area contributed by atoms with Crippen LogP contribution in [0.25, 0.3) is 0 Å². The summed E-state index contributed by atoms with van der Waals surface area (Å²) in [5.74, 6) is 0. The highest BCUT2D eigenvalue weighted by molar-refractivity contribution is 5.17. The van der Waals surface area contributed by atoms with Crippen LogP contribution < -0.4 is 0 Å². The highest BCUT2D eigenvalue weighted by atomic mass is 16.5. The molecule has 0 N–H and O–H groups in total. The Kier molecular flexibility index (Phi) is 3.09. The third-order valence-electron chi connectivity index (χ3n) is 4.70. The minimum atomic E-state index is 0.478. The fourth-order valence-electron chi connectivity index (χ4n) is 3.19. The highest BCUT2D eigenvalue weighted by Crippen LogP contribution is 2.62. The molecule has 2 rings (SSSR count). The van der Waals surface area contributed by atoms with Crippen molar-refractivity contribution in [2.45, 2.75) is 52.0 Å². The molecule has 0 aromatic carbocycles. The first-order chi connectivity index (χ1) is 7.12. The summed E-state index contributed by atoms with van der Waals surface area (Å²) in [5.41, 5.74) is 1.06. The normalized spacial score (nSPS) is 41.8. The number of rotatable bonds is 4. The summed E-state index contributed by atoms with van der Waals surface area (Å²) in [6, 6.07) is 0. The average molecular weight is 211 g/mol. The number of morpholine rings is 1. The monoisotopic (exact) mass is 211 g/mol. The number of ether oxygens (including phenoxy) is 1. The Morgan fingerprint density at radius 2 is 1.87 bits per heavy atom. The van der Waals surface area contributed by atoms with Gasteiger partial charge in [-0.1, -0.05) is 26.7 Å². The fourth-order valence-corrected chi connectivity index (χ4v) is 3.19. The van der Waals surface area contributed by atoms with E-state index in [-0.39, 0.29) is 0 Å². The molecule has 1 saturated carbocycles. The maximum Gasteiger partial charge on any atom is 0.0594 e. The van der Waals surface area contributed by atoms with Crippen molar-refractivity contribution in [1.29, 1.82) is 0 Å². The van der Waals surface area contributed by atoms with Gasteiger partial charge < -0.3 is 4.74 Å². The molecule has 2 heteroatoms. The van der Waals surface area contributed by atoms with Gasteiger partial charge in [0, 0.05) is 18.6 Å². The van der Waals surface area contributed by atoms with Crippen molar-refractivity contribution in [1.82, 2.24) is 4.90 Å². The lowest BCUT2D eigenvalue weighted by molar-refractivity contribution is 0.00318. The molecule has 2 fully saturated rings. The molecular weight excluding hydrogens is 186 g/mol. The molecule has 88 valence electrons. The first-order valence-corrected chi connectivity index (χ1v) is 6.45. The minimum Gasteiger partial charge on any atom is -0.379 e. The van der Waals surface area contributed by atoms with Gasteiger partial charge in [-0.2, -0.15) is 0 Å². The number of nitrogens with zero attached hydrogens (tertiary/aromatic N) is 1. The molecule has 0 amide bonds. The van der Waals surface area contributed by atoms with Crippen LogP contribution in [0.3, 0.4) is 0 Å². The smallest absolute Gasteiger partial charge is 0.0594 e. The number of unbranched alkanes of at least 4 members (excludes halogenated alkanes) is 1. The zero-order chi connectivity index (χ0) is 10.9. The SMILES string of the molecule is CCCCC1(C)CC1(C)N1CCOCC1. The van der Waals surface area contributed by atoms with Crippen LogP contribution in [0.15, 0.2) is 0 Å². The van der Waals surface area contributed by atoms with Crippen molar-refractivity contribution in [3.63, 3.8) is 0 Å². The summed E-state index contributed by atoms with van der Waals surface area (Å²) in [6.07, 6.45) is 5.50. The van der Waals surface area contributed by atoms with Gasteiger partial charge in [0.2, 0.25) is 0 Å². The molecule has 1 saturated heterocycles. The zero-order valence-corrected chi connectivity index (χ0v) is 10.5. The zero-order valence-electron chi connectivity index (χ0n) is 10.5. The quantitative estimate of drug-likeness (QED) is 0.709. The van der Waals surface area contributed by atoms with Crippen molar-refractivity contribution in [2.24, 2.45) is 5.41 Å². The number of hydrogen-bond donors (Lipinski definition) is 0. The Balaban J connectivity index is 1.91. The van der Waals surface area contributed by atoms with E-state index in [4.69, 9.17) is 4.74 Å². The molecule has 1 aliphatic heterocycles. The van der Waals surface area contributed by atoms with Crippen LogP contribution in [0.1, 0.15) is 46.5 Å². The van der Waals surface area contributed by atoms with Gasteiger partial charge in [0.15, 0.2) is 0 Å². The predicted molar refractivity (Wildman–Crippen MR) is 63.0 cm³/mol. The van der Waals surface area contributed by atoms with E-state index in [1.807, 2.05) is 0 Å². The lowest BCUT2D eigenvalue weighted by Crippen LogP contribution is -2.46. The lowest BCUT2D eigenvalue weighted by atomic mass is 9.95. The van der Waals surface area contributed by atoms with Gasteiger partial charge in [-0.25, -0.2) is 0 Å².